The van der Waals surface area contributed by atoms with E-state index >= 15 is 0 Å². The van der Waals surface area contributed by atoms with E-state index in [9.17, 15) is 0 Å². The number of likely N-dealkylation sites (tertiary alicyclic amines) is 1. The molecule has 0 amide bonds. The van der Waals surface area contributed by atoms with Gasteiger partial charge < -0.3 is 14.6 Å². The van der Waals surface area contributed by atoms with Gasteiger partial charge in [0.25, 0.3) is 0 Å². The zero-order valence-corrected chi connectivity index (χ0v) is 16.0. The summed E-state index contributed by atoms with van der Waals surface area (Å²) in [6.45, 7) is 2.01. The van der Waals surface area contributed by atoms with Crippen LogP contribution in [0.4, 0.5) is 0 Å². The van der Waals surface area contributed by atoms with Crippen molar-refractivity contribution in [1.82, 2.24) is 25.1 Å². The molecule has 2 atom stereocenters. The molecule has 3 heterocycles. The van der Waals surface area contributed by atoms with E-state index in [-0.39, 0.29) is 0 Å². The fraction of sp³-hybridized carbons (Fsp3) is 0.273. The summed E-state index contributed by atoms with van der Waals surface area (Å²) < 4.78 is 5.31. The Morgan fingerprint density at radius 2 is 1.86 bits per heavy atom. The van der Waals surface area contributed by atoms with Crippen LogP contribution in [-0.4, -0.2) is 52.3 Å². The van der Waals surface area contributed by atoms with E-state index in [0.29, 0.717) is 11.8 Å². The molecular formula is C22H23N5O. The molecule has 1 unspecified atom stereocenters. The number of fused-ring (bicyclic) bond motifs is 1. The van der Waals surface area contributed by atoms with Crippen LogP contribution in [0.2, 0.25) is 0 Å². The van der Waals surface area contributed by atoms with Gasteiger partial charge in [0.15, 0.2) is 0 Å². The predicted molar refractivity (Wildman–Crippen MR) is 110 cm³/mol. The van der Waals surface area contributed by atoms with Crippen LogP contribution >= 0.6 is 0 Å². The highest BCUT2D eigenvalue weighted by atomic mass is 16.5. The van der Waals surface area contributed by atoms with Gasteiger partial charge in [-0.25, -0.2) is 4.98 Å². The molecule has 6 heteroatoms. The number of hydrogen-bond acceptors (Lipinski definition) is 4. The Bertz CT molecular complexity index is 1080. The second-order valence-corrected chi connectivity index (χ2v) is 7.55. The van der Waals surface area contributed by atoms with Crippen molar-refractivity contribution in [3.8, 4) is 16.9 Å². The van der Waals surface area contributed by atoms with Crippen molar-refractivity contribution in [3.05, 3.63) is 66.2 Å². The van der Waals surface area contributed by atoms with Gasteiger partial charge in [-0.1, -0.05) is 18.2 Å². The normalized spacial score (nSPS) is 20.1. The SMILES string of the molecule is COc1ccc(C2CN(C)C[C@@H]2c2nc3ccc(-c4cn[nH]c4)cc3[nH]2)cc1. The van der Waals surface area contributed by atoms with Crippen LogP contribution < -0.4 is 4.74 Å². The standard InChI is InChI=1S/C22H23N5O/c1-27-12-18(14-3-6-17(28-2)7-4-14)19(13-27)22-25-20-8-5-15(9-21(20)26-22)16-10-23-24-11-16/h3-11,18-19H,12-13H2,1-2H3,(H,23,24)(H,25,26)/t18?,19-/m0/s1. The van der Waals surface area contributed by atoms with Crippen LogP contribution in [0.25, 0.3) is 22.2 Å². The number of H-pyrrole nitrogens is 2. The lowest BCUT2D eigenvalue weighted by atomic mass is 9.88. The van der Waals surface area contributed by atoms with Gasteiger partial charge >= 0.3 is 0 Å². The summed E-state index contributed by atoms with van der Waals surface area (Å²) in [6.07, 6.45) is 3.74. The van der Waals surface area contributed by atoms with Crippen molar-refractivity contribution in [1.29, 1.82) is 0 Å². The molecule has 1 fully saturated rings. The lowest BCUT2D eigenvalue weighted by molar-refractivity contribution is 0.406. The number of imidazole rings is 1. The Morgan fingerprint density at radius 3 is 2.61 bits per heavy atom. The third-order valence-electron chi connectivity index (χ3n) is 5.73. The Kier molecular flexibility index (Phi) is 4.13. The van der Waals surface area contributed by atoms with E-state index in [1.54, 1.807) is 7.11 Å². The molecule has 142 valence electrons. The molecule has 0 radical (unpaired) electrons. The van der Waals surface area contributed by atoms with Crippen LogP contribution in [0.15, 0.2) is 54.9 Å². The molecule has 1 saturated heterocycles. The molecule has 0 saturated carbocycles. The van der Waals surface area contributed by atoms with Gasteiger partial charge in [-0.2, -0.15) is 5.10 Å². The molecule has 2 aromatic heterocycles. The van der Waals surface area contributed by atoms with Gasteiger partial charge in [-0.3, -0.25) is 5.10 Å². The molecule has 1 aliphatic heterocycles. The van der Waals surface area contributed by atoms with Crippen molar-refractivity contribution in [2.24, 2.45) is 0 Å². The molecule has 2 aromatic carbocycles. The van der Waals surface area contributed by atoms with E-state index in [4.69, 9.17) is 9.72 Å². The van der Waals surface area contributed by atoms with Crippen molar-refractivity contribution < 1.29 is 4.74 Å². The number of benzene rings is 2. The first kappa shape index (κ1) is 17.0. The molecule has 0 aliphatic carbocycles. The van der Waals surface area contributed by atoms with E-state index in [2.05, 4.69) is 57.5 Å². The second kappa shape index (κ2) is 6.80. The molecular weight excluding hydrogens is 350 g/mol. The fourth-order valence-electron chi connectivity index (χ4n) is 4.26. The lowest BCUT2D eigenvalue weighted by Crippen LogP contribution is -2.13. The van der Waals surface area contributed by atoms with Gasteiger partial charge in [0.1, 0.15) is 11.6 Å². The molecule has 1 aliphatic rings. The van der Waals surface area contributed by atoms with Crippen LogP contribution in [0.5, 0.6) is 5.75 Å². The number of nitrogens with one attached hydrogen (secondary N) is 2. The second-order valence-electron chi connectivity index (χ2n) is 7.55. The molecule has 28 heavy (non-hydrogen) atoms. The number of rotatable bonds is 4. The summed E-state index contributed by atoms with van der Waals surface area (Å²) in [6, 6.07) is 14.8. The van der Waals surface area contributed by atoms with Crippen molar-refractivity contribution in [3.63, 3.8) is 0 Å². The summed E-state index contributed by atoms with van der Waals surface area (Å²) in [5.74, 6) is 2.69. The maximum Gasteiger partial charge on any atom is 0.118 e. The highest BCUT2D eigenvalue weighted by Gasteiger charge is 2.35. The Balaban J connectivity index is 1.50. The van der Waals surface area contributed by atoms with Crippen molar-refractivity contribution >= 4 is 11.0 Å². The van der Waals surface area contributed by atoms with Gasteiger partial charge in [-0.15, -0.1) is 0 Å². The van der Waals surface area contributed by atoms with Crippen molar-refractivity contribution in [2.75, 3.05) is 27.2 Å². The number of hydrogen-bond donors (Lipinski definition) is 2. The van der Waals surface area contributed by atoms with E-state index in [1.807, 2.05) is 24.5 Å². The van der Waals surface area contributed by atoms with Crippen LogP contribution in [-0.2, 0) is 0 Å². The van der Waals surface area contributed by atoms with Crippen molar-refractivity contribution in [2.45, 2.75) is 11.8 Å². The summed E-state index contributed by atoms with van der Waals surface area (Å²) >= 11 is 0. The average molecular weight is 373 g/mol. The highest BCUT2D eigenvalue weighted by Crippen LogP contribution is 2.39. The third-order valence-corrected chi connectivity index (χ3v) is 5.73. The quantitative estimate of drug-likeness (QED) is 0.571. The first-order chi connectivity index (χ1) is 13.7. The molecule has 4 aromatic rings. The van der Waals surface area contributed by atoms with Crippen LogP contribution in [0, 0.1) is 0 Å². The van der Waals surface area contributed by atoms with E-state index in [1.165, 1.54) is 5.56 Å². The third kappa shape index (κ3) is 2.96. The molecule has 0 bridgehead atoms. The molecule has 5 rings (SSSR count). The average Bonchev–Trinajstić information content (AvgIpc) is 3.46. The number of aromatic amines is 2. The number of aromatic nitrogens is 4. The molecule has 0 spiro atoms. The summed E-state index contributed by atoms with van der Waals surface area (Å²) in [7, 11) is 3.88. The number of methoxy groups -OCH3 is 1. The van der Waals surface area contributed by atoms with E-state index < -0.39 is 0 Å². The van der Waals surface area contributed by atoms with E-state index in [0.717, 1.165) is 46.8 Å². The van der Waals surface area contributed by atoms with Gasteiger partial charge in [0.05, 0.1) is 24.3 Å². The Morgan fingerprint density at radius 1 is 1.04 bits per heavy atom. The minimum Gasteiger partial charge on any atom is -0.497 e. The number of likely N-dealkylation sites (N-methyl/N-ethyl adjacent to an activating group) is 1. The minimum atomic E-state index is 0.336. The summed E-state index contributed by atoms with van der Waals surface area (Å²) in [4.78, 5) is 10.9. The molecule has 6 nitrogen and oxygen atoms in total. The van der Waals surface area contributed by atoms with Gasteiger partial charge in [0, 0.05) is 36.7 Å². The van der Waals surface area contributed by atoms with Gasteiger partial charge in [-0.05, 0) is 42.4 Å². The highest BCUT2D eigenvalue weighted by molar-refractivity contribution is 5.81. The Hall–Kier alpha value is -3.12. The zero-order chi connectivity index (χ0) is 19.1. The van der Waals surface area contributed by atoms with Crippen LogP contribution in [0.3, 0.4) is 0 Å². The first-order valence-corrected chi connectivity index (χ1v) is 9.52. The summed E-state index contributed by atoms with van der Waals surface area (Å²) in [5, 5.41) is 6.92. The minimum absolute atomic E-state index is 0.336. The fourth-order valence-corrected chi connectivity index (χ4v) is 4.26. The maximum atomic E-state index is 5.31. The smallest absolute Gasteiger partial charge is 0.118 e. The predicted octanol–water partition coefficient (Wildman–Crippen LogP) is 3.77. The first-order valence-electron chi connectivity index (χ1n) is 9.52. The van der Waals surface area contributed by atoms with Crippen LogP contribution in [0.1, 0.15) is 23.2 Å². The molecule has 2 N–H and O–H groups in total. The lowest BCUT2D eigenvalue weighted by Gasteiger charge is -2.17. The summed E-state index contributed by atoms with van der Waals surface area (Å²) in [5.41, 5.74) is 5.61. The zero-order valence-electron chi connectivity index (χ0n) is 16.0. The topological polar surface area (TPSA) is 69.8 Å². The van der Waals surface area contributed by atoms with Gasteiger partial charge in [0.2, 0.25) is 0 Å². The largest absolute Gasteiger partial charge is 0.497 e. The maximum absolute atomic E-state index is 5.31. The number of nitrogens with zero attached hydrogens (tertiary/aromatic N) is 3. The monoisotopic (exact) mass is 373 g/mol. The number of ether oxygens (including phenoxy) is 1. The Labute approximate surface area is 163 Å².